The molecule has 19 heavy (non-hydrogen) atoms. The first-order chi connectivity index (χ1) is 9.15. The molecule has 6 heteroatoms. The zero-order chi connectivity index (χ0) is 13.8. The number of rotatable bonds is 4. The molecule has 0 aliphatic carbocycles. The second kappa shape index (κ2) is 5.34. The normalized spacial score (nSPS) is 13.8. The van der Waals surface area contributed by atoms with Crippen LogP contribution in [0.5, 0.6) is 0 Å². The smallest absolute Gasteiger partial charge is 0.333 e. The Hall–Kier alpha value is -2.63. The minimum absolute atomic E-state index is 0.232. The van der Waals surface area contributed by atoms with E-state index in [1.165, 1.54) is 12.1 Å². The van der Waals surface area contributed by atoms with E-state index in [4.69, 9.17) is 4.84 Å². The SMILES string of the molecule is CCOC(=O)/C=C\ON1C(=O)c2ccccc2C1=O. The molecule has 98 valence electrons. The minimum Gasteiger partial charge on any atom is -0.463 e. The molecule has 2 rings (SSSR count). The predicted octanol–water partition coefficient (Wildman–Crippen LogP) is 1.29. The highest BCUT2D eigenvalue weighted by molar-refractivity contribution is 6.20. The molecule has 1 aliphatic heterocycles. The first-order valence-electron chi connectivity index (χ1n) is 5.63. The Labute approximate surface area is 109 Å². The molecule has 0 radical (unpaired) electrons. The van der Waals surface area contributed by atoms with Crippen molar-refractivity contribution in [2.75, 3.05) is 6.61 Å². The van der Waals surface area contributed by atoms with Crippen molar-refractivity contribution < 1.29 is 24.0 Å². The maximum absolute atomic E-state index is 11.8. The lowest BCUT2D eigenvalue weighted by Crippen LogP contribution is -2.28. The lowest BCUT2D eigenvalue weighted by Gasteiger charge is -2.10. The van der Waals surface area contributed by atoms with Crippen LogP contribution in [-0.2, 0) is 14.4 Å². The maximum atomic E-state index is 11.8. The number of hydroxylamine groups is 2. The summed E-state index contributed by atoms with van der Waals surface area (Å²) in [6, 6.07) is 6.38. The maximum Gasteiger partial charge on any atom is 0.333 e. The Morgan fingerprint density at radius 3 is 2.32 bits per heavy atom. The first-order valence-corrected chi connectivity index (χ1v) is 5.63. The Balaban J connectivity index is 2.07. The molecule has 0 bridgehead atoms. The molecule has 1 heterocycles. The fourth-order valence-electron chi connectivity index (χ4n) is 1.60. The Morgan fingerprint density at radius 1 is 1.21 bits per heavy atom. The van der Waals surface area contributed by atoms with Crippen molar-refractivity contribution >= 4 is 17.8 Å². The summed E-state index contributed by atoms with van der Waals surface area (Å²) in [7, 11) is 0. The van der Waals surface area contributed by atoms with Gasteiger partial charge in [0.2, 0.25) is 0 Å². The number of carbonyl (C=O) groups is 3. The third-order valence-corrected chi connectivity index (χ3v) is 2.41. The van der Waals surface area contributed by atoms with Crippen LogP contribution < -0.4 is 0 Å². The van der Waals surface area contributed by atoms with Crippen molar-refractivity contribution in [2.24, 2.45) is 0 Å². The molecule has 0 aromatic heterocycles. The van der Waals surface area contributed by atoms with Gasteiger partial charge in [0.15, 0.2) is 0 Å². The Bertz CT molecular complexity index is 529. The highest BCUT2D eigenvalue weighted by Crippen LogP contribution is 2.22. The second-order valence-electron chi connectivity index (χ2n) is 3.61. The van der Waals surface area contributed by atoms with Crippen LogP contribution in [0, 0.1) is 0 Å². The summed E-state index contributed by atoms with van der Waals surface area (Å²) >= 11 is 0. The summed E-state index contributed by atoms with van der Waals surface area (Å²) in [6.45, 7) is 1.90. The third kappa shape index (κ3) is 2.47. The molecule has 0 spiro atoms. The van der Waals surface area contributed by atoms with E-state index in [2.05, 4.69) is 4.74 Å². The number of fused-ring (bicyclic) bond motifs is 1. The van der Waals surface area contributed by atoms with Gasteiger partial charge in [-0.3, -0.25) is 9.59 Å². The van der Waals surface area contributed by atoms with E-state index in [1.807, 2.05) is 0 Å². The largest absolute Gasteiger partial charge is 0.463 e. The molecule has 0 saturated heterocycles. The van der Waals surface area contributed by atoms with Crippen molar-refractivity contribution in [1.82, 2.24) is 5.06 Å². The second-order valence-corrected chi connectivity index (χ2v) is 3.61. The summed E-state index contributed by atoms with van der Waals surface area (Å²) in [5.74, 6) is -1.73. The number of amides is 2. The van der Waals surface area contributed by atoms with Crippen LogP contribution in [0.3, 0.4) is 0 Å². The molecule has 1 aliphatic rings. The molecule has 0 N–H and O–H groups in total. The topological polar surface area (TPSA) is 72.9 Å². The van der Waals surface area contributed by atoms with Gasteiger partial charge < -0.3 is 9.57 Å². The van der Waals surface area contributed by atoms with E-state index in [0.717, 1.165) is 12.3 Å². The van der Waals surface area contributed by atoms with Crippen LogP contribution >= 0.6 is 0 Å². The molecular weight excluding hydrogens is 250 g/mol. The van der Waals surface area contributed by atoms with Gasteiger partial charge in [-0.25, -0.2) is 4.79 Å². The van der Waals surface area contributed by atoms with Crippen molar-refractivity contribution in [3.63, 3.8) is 0 Å². The van der Waals surface area contributed by atoms with Gasteiger partial charge in [0.1, 0.15) is 6.26 Å². The van der Waals surface area contributed by atoms with Gasteiger partial charge in [-0.1, -0.05) is 17.2 Å². The summed E-state index contributed by atoms with van der Waals surface area (Å²) < 4.78 is 4.63. The van der Waals surface area contributed by atoms with Crippen molar-refractivity contribution in [1.29, 1.82) is 0 Å². The van der Waals surface area contributed by atoms with Crippen molar-refractivity contribution in [3.05, 3.63) is 47.7 Å². The van der Waals surface area contributed by atoms with E-state index in [9.17, 15) is 14.4 Å². The van der Waals surface area contributed by atoms with Crippen LogP contribution in [-0.4, -0.2) is 29.5 Å². The Morgan fingerprint density at radius 2 is 1.79 bits per heavy atom. The average molecular weight is 261 g/mol. The molecule has 1 aromatic rings. The predicted molar refractivity (Wildman–Crippen MR) is 63.8 cm³/mol. The number of hydrogen-bond acceptors (Lipinski definition) is 5. The summed E-state index contributed by atoms with van der Waals surface area (Å²) in [4.78, 5) is 39.6. The molecule has 0 saturated carbocycles. The van der Waals surface area contributed by atoms with Crippen LogP contribution in [0.4, 0.5) is 0 Å². The number of ether oxygens (including phenoxy) is 1. The van der Waals surface area contributed by atoms with Gasteiger partial charge in [-0.15, -0.1) is 0 Å². The van der Waals surface area contributed by atoms with Crippen molar-refractivity contribution in [3.8, 4) is 0 Å². The average Bonchev–Trinajstić information content (AvgIpc) is 2.65. The van der Waals surface area contributed by atoms with Gasteiger partial charge in [0.05, 0.1) is 23.8 Å². The van der Waals surface area contributed by atoms with E-state index < -0.39 is 17.8 Å². The molecule has 0 atom stereocenters. The molecular formula is C13H11NO5. The summed E-state index contributed by atoms with van der Waals surface area (Å²) in [5.41, 5.74) is 0.550. The highest BCUT2D eigenvalue weighted by Gasteiger charge is 2.36. The van der Waals surface area contributed by atoms with Gasteiger partial charge in [-0.2, -0.15) is 0 Å². The van der Waals surface area contributed by atoms with E-state index in [0.29, 0.717) is 5.06 Å². The van der Waals surface area contributed by atoms with E-state index in [1.54, 1.807) is 19.1 Å². The van der Waals surface area contributed by atoms with Crippen LogP contribution in [0.1, 0.15) is 27.6 Å². The molecule has 6 nitrogen and oxygen atoms in total. The van der Waals surface area contributed by atoms with Crippen molar-refractivity contribution in [2.45, 2.75) is 6.92 Å². The molecule has 2 amide bonds. The number of esters is 1. The quantitative estimate of drug-likeness (QED) is 0.353. The zero-order valence-electron chi connectivity index (χ0n) is 10.2. The fraction of sp³-hybridized carbons (Fsp3) is 0.154. The summed E-state index contributed by atoms with van der Waals surface area (Å²) in [6.07, 6.45) is 1.94. The van der Waals surface area contributed by atoms with Crippen LogP contribution in [0.2, 0.25) is 0 Å². The van der Waals surface area contributed by atoms with Gasteiger partial charge in [0, 0.05) is 0 Å². The lowest BCUT2D eigenvalue weighted by atomic mass is 10.1. The van der Waals surface area contributed by atoms with E-state index >= 15 is 0 Å². The van der Waals surface area contributed by atoms with Gasteiger partial charge in [-0.05, 0) is 19.1 Å². The molecule has 0 unspecified atom stereocenters. The number of hydrogen-bond donors (Lipinski definition) is 0. The molecule has 0 fully saturated rings. The van der Waals surface area contributed by atoms with Gasteiger partial charge >= 0.3 is 5.97 Å². The van der Waals surface area contributed by atoms with Gasteiger partial charge in [0.25, 0.3) is 11.8 Å². The number of carbonyl (C=O) groups excluding carboxylic acids is 3. The Kier molecular flexibility index (Phi) is 3.61. The van der Waals surface area contributed by atoms with Crippen LogP contribution in [0.15, 0.2) is 36.6 Å². The summed E-state index contributed by atoms with van der Waals surface area (Å²) in [5, 5.41) is 0.598. The van der Waals surface area contributed by atoms with E-state index in [-0.39, 0.29) is 17.7 Å². The lowest BCUT2D eigenvalue weighted by molar-refractivity contribution is -0.137. The fourth-order valence-corrected chi connectivity index (χ4v) is 1.60. The first kappa shape index (κ1) is 12.8. The number of imide groups is 1. The van der Waals surface area contributed by atoms with Crippen LogP contribution in [0.25, 0.3) is 0 Å². The standard InChI is InChI=1S/C13H11NO5/c1-2-18-11(15)7-8-19-14-12(16)9-5-3-4-6-10(9)13(14)17/h3-8H,2H2,1H3/b8-7-. The molecule has 1 aromatic carbocycles. The number of nitrogens with zero attached hydrogens (tertiary/aromatic N) is 1. The minimum atomic E-state index is -0.612. The number of benzene rings is 1. The highest BCUT2D eigenvalue weighted by atomic mass is 16.7. The third-order valence-electron chi connectivity index (χ3n) is 2.41. The zero-order valence-corrected chi connectivity index (χ0v) is 10.2. The monoisotopic (exact) mass is 261 g/mol.